The molecule has 0 radical (unpaired) electrons. The Morgan fingerprint density at radius 1 is 1.26 bits per heavy atom. The Bertz CT molecular complexity index is 927. The molecule has 1 aromatic carbocycles. The van der Waals surface area contributed by atoms with Gasteiger partial charge in [-0.25, -0.2) is 9.97 Å². The summed E-state index contributed by atoms with van der Waals surface area (Å²) in [5.74, 6) is 1.02. The number of H-pyrrole nitrogens is 1. The Morgan fingerprint density at radius 3 is 2.89 bits per heavy atom. The summed E-state index contributed by atoms with van der Waals surface area (Å²) >= 11 is 0. The van der Waals surface area contributed by atoms with Crippen LogP contribution >= 0.6 is 0 Å². The normalized spacial score (nSPS) is 15.2. The molecule has 0 spiro atoms. The number of carbonyl (C=O) groups excluding carboxylic acids is 1. The highest BCUT2D eigenvalue weighted by Gasteiger charge is 2.25. The Hall–Kier alpha value is -2.89. The second-order valence-corrected chi connectivity index (χ2v) is 7.16. The Labute approximate surface area is 159 Å². The largest absolute Gasteiger partial charge is 0.361 e. The van der Waals surface area contributed by atoms with Crippen molar-refractivity contribution < 1.29 is 4.79 Å². The van der Waals surface area contributed by atoms with Crippen LogP contribution in [0.25, 0.3) is 10.9 Å². The average molecular weight is 363 g/mol. The second-order valence-electron chi connectivity index (χ2n) is 7.16. The van der Waals surface area contributed by atoms with Crippen LogP contribution in [0.5, 0.6) is 0 Å². The molecule has 6 nitrogen and oxygen atoms in total. The monoisotopic (exact) mass is 363 g/mol. The fourth-order valence-electron chi connectivity index (χ4n) is 3.73. The van der Waals surface area contributed by atoms with Crippen molar-refractivity contribution in [2.75, 3.05) is 24.5 Å². The van der Waals surface area contributed by atoms with Crippen molar-refractivity contribution >= 4 is 22.8 Å². The number of nitrogens with zero attached hydrogens (tertiary/aromatic N) is 3. The fraction of sp³-hybridized carbons (Fsp3) is 0.381. The van der Waals surface area contributed by atoms with Crippen LogP contribution in [0, 0.1) is 12.8 Å². The summed E-state index contributed by atoms with van der Waals surface area (Å²) in [6, 6.07) is 10.2. The van der Waals surface area contributed by atoms with E-state index in [1.165, 1.54) is 10.9 Å². The predicted molar refractivity (Wildman–Crippen MR) is 107 cm³/mol. The first-order chi connectivity index (χ1) is 13.2. The molecule has 0 bridgehead atoms. The van der Waals surface area contributed by atoms with E-state index in [0.29, 0.717) is 6.54 Å². The van der Waals surface area contributed by atoms with Crippen molar-refractivity contribution in [3.05, 3.63) is 54.0 Å². The average Bonchev–Trinajstić information content (AvgIpc) is 3.11. The van der Waals surface area contributed by atoms with Crippen LogP contribution in [-0.2, 0) is 11.2 Å². The van der Waals surface area contributed by atoms with Gasteiger partial charge in [0.15, 0.2) is 0 Å². The summed E-state index contributed by atoms with van der Waals surface area (Å²) < 4.78 is 0. The first kappa shape index (κ1) is 17.5. The zero-order valence-corrected chi connectivity index (χ0v) is 15.6. The summed E-state index contributed by atoms with van der Waals surface area (Å²) in [7, 11) is 0. The van der Waals surface area contributed by atoms with Gasteiger partial charge in [0.2, 0.25) is 11.9 Å². The van der Waals surface area contributed by atoms with Crippen LogP contribution in [0.15, 0.2) is 42.7 Å². The van der Waals surface area contributed by atoms with Crippen molar-refractivity contribution in [2.45, 2.75) is 26.2 Å². The van der Waals surface area contributed by atoms with Crippen molar-refractivity contribution in [2.24, 2.45) is 5.92 Å². The molecule has 140 valence electrons. The zero-order chi connectivity index (χ0) is 18.6. The standard InChI is InChI=1S/C21H25N5O/c1-15-6-10-23-21(25-15)26-12-8-16(9-13-26)20(27)22-11-7-17-14-24-19-5-3-2-4-18(17)19/h2-6,10,14,16,24H,7-9,11-13H2,1H3,(H,22,27). The molecule has 0 atom stereocenters. The van der Waals surface area contributed by atoms with Crippen LogP contribution in [-0.4, -0.2) is 40.5 Å². The molecule has 0 saturated carbocycles. The van der Waals surface area contributed by atoms with Crippen LogP contribution in [0.3, 0.4) is 0 Å². The summed E-state index contributed by atoms with van der Waals surface area (Å²) in [4.78, 5) is 26.8. The number of nitrogens with one attached hydrogen (secondary N) is 2. The van der Waals surface area contributed by atoms with Gasteiger partial charge in [0, 0.05) is 54.5 Å². The van der Waals surface area contributed by atoms with E-state index in [9.17, 15) is 4.79 Å². The smallest absolute Gasteiger partial charge is 0.225 e. The maximum Gasteiger partial charge on any atom is 0.225 e. The molecule has 1 saturated heterocycles. The Morgan fingerprint density at radius 2 is 2.07 bits per heavy atom. The van der Waals surface area contributed by atoms with E-state index in [4.69, 9.17) is 0 Å². The molecular formula is C21H25N5O. The third-order valence-corrected chi connectivity index (χ3v) is 5.30. The van der Waals surface area contributed by atoms with Gasteiger partial charge in [-0.2, -0.15) is 0 Å². The lowest BCUT2D eigenvalue weighted by molar-refractivity contribution is -0.125. The van der Waals surface area contributed by atoms with E-state index in [1.807, 2.05) is 31.3 Å². The molecule has 27 heavy (non-hydrogen) atoms. The van der Waals surface area contributed by atoms with Gasteiger partial charge in [0.1, 0.15) is 0 Å². The number of fused-ring (bicyclic) bond motifs is 1. The van der Waals surface area contributed by atoms with E-state index in [2.05, 4.69) is 37.3 Å². The van der Waals surface area contributed by atoms with E-state index in [1.54, 1.807) is 6.20 Å². The molecule has 3 aromatic rings. The van der Waals surface area contributed by atoms with E-state index >= 15 is 0 Å². The van der Waals surface area contributed by atoms with Crippen molar-refractivity contribution in [1.29, 1.82) is 0 Å². The van der Waals surface area contributed by atoms with Gasteiger partial charge in [-0.05, 0) is 43.9 Å². The van der Waals surface area contributed by atoms with E-state index in [0.717, 1.165) is 49.5 Å². The number of anilines is 1. The van der Waals surface area contributed by atoms with Gasteiger partial charge in [-0.15, -0.1) is 0 Å². The van der Waals surface area contributed by atoms with Crippen LogP contribution in [0.2, 0.25) is 0 Å². The van der Waals surface area contributed by atoms with Gasteiger partial charge < -0.3 is 15.2 Å². The molecule has 2 aromatic heterocycles. The van der Waals surface area contributed by atoms with Crippen LogP contribution < -0.4 is 10.2 Å². The number of benzene rings is 1. The molecule has 6 heteroatoms. The predicted octanol–water partition coefficient (Wildman–Crippen LogP) is 2.84. The molecule has 0 unspecified atom stereocenters. The van der Waals surface area contributed by atoms with Crippen molar-refractivity contribution in [3.63, 3.8) is 0 Å². The maximum absolute atomic E-state index is 12.5. The molecule has 1 fully saturated rings. The second kappa shape index (κ2) is 7.78. The SMILES string of the molecule is Cc1ccnc(N2CCC(C(=O)NCCc3c[nH]c4ccccc34)CC2)n1. The van der Waals surface area contributed by atoms with E-state index < -0.39 is 0 Å². The maximum atomic E-state index is 12.5. The molecule has 3 heterocycles. The molecule has 2 N–H and O–H groups in total. The van der Waals surface area contributed by atoms with Crippen molar-refractivity contribution in [3.8, 4) is 0 Å². The molecule has 1 aliphatic heterocycles. The van der Waals surface area contributed by atoms with Gasteiger partial charge in [-0.3, -0.25) is 4.79 Å². The number of carbonyl (C=O) groups is 1. The van der Waals surface area contributed by atoms with Gasteiger partial charge in [0.25, 0.3) is 0 Å². The van der Waals surface area contributed by atoms with Gasteiger partial charge in [0.05, 0.1) is 0 Å². The number of para-hydroxylation sites is 1. The number of hydrogen-bond acceptors (Lipinski definition) is 4. The lowest BCUT2D eigenvalue weighted by atomic mass is 9.96. The van der Waals surface area contributed by atoms with Crippen LogP contribution in [0.1, 0.15) is 24.1 Å². The Balaban J connectivity index is 1.26. The Kier molecular flexibility index (Phi) is 5.05. The number of rotatable bonds is 5. The quantitative estimate of drug-likeness (QED) is 0.731. The lowest BCUT2D eigenvalue weighted by Crippen LogP contribution is -2.41. The number of aromatic amines is 1. The van der Waals surface area contributed by atoms with Gasteiger partial charge in [-0.1, -0.05) is 18.2 Å². The molecule has 1 aliphatic rings. The zero-order valence-electron chi connectivity index (χ0n) is 15.6. The highest BCUT2D eigenvalue weighted by molar-refractivity contribution is 5.83. The fourth-order valence-corrected chi connectivity index (χ4v) is 3.73. The van der Waals surface area contributed by atoms with Crippen LogP contribution in [0.4, 0.5) is 5.95 Å². The lowest BCUT2D eigenvalue weighted by Gasteiger charge is -2.31. The first-order valence-electron chi connectivity index (χ1n) is 9.58. The topological polar surface area (TPSA) is 73.9 Å². The first-order valence-corrected chi connectivity index (χ1v) is 9.58. The van der Waals surface area contributed by atoms with Crippen molar-refractivity contribution in [1.82, 2.24) is 20.3 Å². The summed E-state index contributed by atoms with van der Waals surface area (Å²) in [5.41, 5.74) is 3.36. The number of amides is 1. The minimum atomic E-state index is 0.0778. The highest BCUT2D eigenvalue weighted by atomic mass is 16.1. The molecule has 1 amide bonds. The van der Waals surface area contributed by atoms with E-state index in [-0.39, 0.29) is 11.8 Å². The summed E-state index contributed by atoms with van der Waals surface area (Å²) in [5, 5.41) is 4.35. The minimum absolute atomic E-state index is 0.0778. The molecule has 4 rings (SSSR count). The number of piperidine rings is 1. The number of aromatic nitrogens is 3. The summed E-state index contributed by atoms with van der Waals surface area (Å²) in [6.45, 7) is 4.29. The third-order valence-electron chi connectivity index (χ3n) is 5.30. The summed E-state index contributed by atoms with van der Waals surface area (Å²) in [6.07, 6.45) is 6.36. The minimum Gasteiger partial charge on any atom is -0.361 e. The number of hydrogen-bond donors (Lipinski definition) is 2. The molecular weight excluding hydrogens is 338 g/mol. The molecule has 0 aliphatic carbocycles. The third kappa shape index (κ3) is 3.94. The number of aryl methyl sites for hydroxylation is 1. The van der Waals surface area contributed by atoms with Gasteiger partial charge >= 0.3 is 0 Å². The highest BCUT2D eigenvalue weighted by Crippen LogP contribution is 2.21.